The van der Waals surface area contributed by atoms with Gasteiger partial charge < -0.3 is 0 Å². The average molecular weight is 350 g/mol. The molecule has 5 aliphatic rings. The molecule has 9 atom stereocenters. The molecule has 0 spiro atoms. The minimum Gasteiger partial charge on any atom is -0.295 e. The summed E-state index contributed by atoms with van der Waals surface area (Å²) in [5.41, 5.74) is 1.50. The second-order valence-corrected chi connectivity index (χ2v) is 10.1. The van der Waals surface area contributed by atoms with Gasteiger partial charge >= 0.3 is 0 Å². The third-order valence-corrected chi connectivity index (χ3v) is 9.72. The summed E-state index contributed by atoms with van der Waals surface area (Å²) in [6, 6.07) is 2.83. The minimum absolute atomic E-state index is 0.133. The Bertz CT molecular complexity index is 744. The Morgan fingerprint density at radius 2 is 2.19 bits per heavy atom. The molecule has 1 unspecified atom stereocenters. The number of hydrogen-bond donors (Lipinski definition) is 0. The number of hydrogen-bond acceptors (Lipinski definition) is 2. The van der Waals surface area contributed by atoms with Crippen molar-refractivity contribution in [1.82, 2.24) is 0 Å². The average Bonchev–Trinajstić information content (AvgIpc) is 3.42. The van der Waals surface area contributed by atoms with Gasteiger partial charge in [-0.15, -0.1) is 6.58 Å². The number of ketones is 1. The number of carbonyl (C=O) groups excluding carboxylic acids is 1. The maximum Gasteiger partial charge on any atom is 0.155 e. The first kappa shape index (κ1) is 16.8. The molecule has 0 aromatic rings. The van der Waals surface area contributed by atoms with E-state index in [1.807, 2.05) is 6.08 Å². The highest BCUT2D eigenvalue weighted by Crippen LogP contribution is 2.80. The lowest BCUT2D eigenvalue weighted by atomic mass is 9.44. The summed E-state index contributed by atoms with van der Waals surface area (Å²) in [4.78, 5) is 12.0. The first-order chi connectivity index (χ1) is 12.5. The van der Waals surface area contributed by atoms with E-state index in [-0.39, 0.29) is 10.8 Å². The Balaban J connectivity index is 1.60. The Morgan fingerprint density at radius 3 is 2.88 bits per heavy atom. The van der Waals surface area contributed by atoms with Gasteiger partial charge in [0.1, 0.15) is 0 Å². The molecule has 0 aromatic heterocycles. The minimum atomic E-state index is -0.133. The Labute approximate surface area is 157 Å². The molecule has 0 aliphatic heterocycles. The number of nitriles is 1. The fraction of sp³-hybridized carbons (Fsp3) is 0.750. The van der Waals surface area contributed by atoms with E-state index in [2.05, 4.69) is 32.6 Å². The van der Waals surface area contributed by atoms with Crippen LogP contribution in [-0.2, 0) is 4.79 Å². The van der Waals surface area contributed by atoms with E-state index in [4.69, 9.17) is 0 Å². The van der Waals surface area contributed by atoms with E-state index in [9.17, 15) is 10.1 Å². The molecule has 5 rings (SSSR count). The number of rotatable bonds is 2. The van der Waals surface area contributed by atoms with Gasteiger partial charge in [-0.25, -0.2) is 0 Å². The molecular weight excluding hydrogens is 318 g/mol. The van der Waals surface area contributed by atoms with Crippen LogP contribution >= 0.6 is 0 Å². The number of nitrogens with zero attached hydrogens (tertiary/aromatic N) is 1. The molecule has 0 bridgehead atoms. The van der Waals surface area contributed by atoms with Gasteiger partial charge in [-0.1, -0.05) is 18.6 Å². The zero-order valence-electron chi connectivity index (χ0n) is 16.2. The molecule has 4 saturated carbocycles. The summed E-state index contributed by atoms with van der Waals surface area (Å²) in [5, 5.41) is 10.2. The summed E-state index contributed by atoms with van der Waals surface area (Å²) < 4.78 is 0. The first-order valence-corrected chi connectivity index (χ1v) is 10.8. The number of fused-ring (bicyclic) bond motifs is 7. The van der Waals surface area contributed by atoms with Crippen molar-refractivity contribution in [1.29, 1.82) is 5.26 Å². The predicted molar refractivity (Wildman–Crippen MR) is 102 cm³/mol. The van der Waals surface area contributed by atoms with Crippen molar-refractivity contribution < 1.29 is 4.79 Å². The van der Waals surface area contributed by atoms with Gasteiger partial charge in [-0.2, -0.15) is 5.26 Å². The first-order valence-electron chi connectivity index (χ1n) is 10.8. The third-order valence-electron chi connectivity index (χ3n) is 9.72. The monoisotopic (exact) mass is 349 g/mol. The lowest BCUT2D eigenvalue weighted by Crippen LogP contribution is -2.54. The third kappa shape index (κ3) is 1.81. The van der Waals surface area contributed by atoms with Crippen LogP contribution < -0.4 is 0 Å². The van der Waals surface area contributed by atoms with E-state index in [0.717, 1.165) is 31.6 Å². The zero-order chi connectivity index (χ0) is 18.3. The second-order valence-electron chi connectivity index (χ2n) is 10.1. The van der Waals surface area contributed by atoms with Crippen LogP contribution in [0.2, 0.25) is 0 Å². The molecule has 0 saturated heterocycles. The van der Waals surface area contributed by atoms with Crippen molar-refractivity contribution in [2.75, 3.05) is 0 Å². The molecule has 4 fully saturated rings. The van der Waals surface area contributed by atoms with Gasteiger partial charge in [-0.3, -0.25) is 4.79 Å². The van der Waals surface area contributed by atoms with Crippen molar-refractivity contribution >= 4 is 5.78 Å². The molecule has 138 valence electrons. The molecule has 2 nitrogen and oxygen atoms in total. The Hall–Kier alpha value is -1.36. The molecule has 0 aromatic carbocycles. The topological polar surface area (TPSA) is 40.9 Å². The van der Waals surface area contributed by atoms with Gasteiger partial charge in [0.05, 0.1) is 11.5 Å². The van der Waals surface area contributed by atoms with E-state index in [1.165, 1.54) is 24.8 Å². The maximum absolute atomic E-state index is 12.0. The highest BCUT2D eigenvalue weighted by Gasteiger charge is 2.76. The van der Waals surface area contributed by atoms with Crippen LogP contribution in [-0.4, -0.2) is 5.78 Å². The Kier molecular flexibility index (Phi) is 3.45. The second kappa shape index (κ2) is 5.34. The molecule has 2 heteroatoms. The van der Waals surface area contributed by atoms with E-state index in [1.54, 1.807) is 0 Å². The lowest BCUT2D eigenvalue weighted by molar-refractivity contribution is -0.117. The molecule has 0 heterocycles. The molecule has 26 heavy (non-hydrogen) atoms. The number of carbonyl (C=O) groups is 1. The smallest absolute Gasteiger partial charge is 0.155 e. The van der Waals surface area contributed by atoms with Crippen LogP contribution in [0, 0.1) is 63.6 Å². The van der Waals surface area contributed by atoms with Crippen LogP contribution in [0.25, 0.3) is 0 Å². The van der Waals surface area contributed by atoms with Crippen LogP contribution in [0.15, 0.2) is 24.3 Å². The normalized spacial score (nSPS) is 54.1. The molecular formula is C24H31NO. The SMILES string of the molecule is C=CC1CC2=CC(=O)CC[C@@H]2[C@H]2CC[C@@]3(CC)[C@@H]([C@@H]4C[C@@H]4[C@]3(C)C#N)[C@H]12. The lowest BCUT2D eigenvalue weighted by Gasteiger charge is -2.59. The van der Waals surface area contributed by atoms with E-state index >= 15 is 0 Å². The van der Waals surface area contributed by atoms with Crippen LogP contribution in [0.5, 0.6) is 0 Å². The van der Waals surface area contributed by atoms with Crippen molar-refractivity contribution in [3.8, 4) is 6.07 Å². The van der Waals surface area contributed by atoms with E-state index in [0.29, 0.717) is 41.3 Å². The summed E-state index contributed by atoms with van der Waals surface area (Å²) in [6.45, 7) is 8.84. The highest BCUT2D eigenvalue weighted by atomic mass is 16.1. The van der Waals surface area contributed by atoms with Gasteiger partial charge in [0.15, 0.2) is 5.78 Å². The summed E-state index contributed by atoms with van der Waals surface area (Å²) in [6.07, 6.45) is 11.9. The largest absolute Gasteiger partial charge is 0.295 e. The maximum atomic E-state index is 12.0. The summed E-state index contributed by atoms with van der Waals surface area (Å²) in [5.74, 6) is 4.93. The van der Waals surface area contributed by atoms with Crippen LogP contribution in [0.3, 0.4) is 0 Å². The van der Waals surface area contributed by atoms with Crippen molar-refractivity contribution in [3.63, 3.8) is 0 Å². The number of allylic oxidation sites excluding steroid dienone is 2. The van der Waals surface area contributed by atoms with Crippen LogP contribution in [0.1, 0.15) is 58.8 Å². The molecule has 0 radical (unpaired) electrons. The van der Waals surface area contributed by atoms with Gasteiger partial charge in [0.25, 0.3) is 0 Å². The highest BCUT2D eigenvalue weighted by molar-refractivity contribution is 5.91. The van der Waals surface area contributed by atoms with E-state index < -0.39 is 0 Å². The van der Waals surface area contributed by atoms with Crippen molar-refractivity contribution in [2.45, 2.75) is 58.8 Å². The fourth-order valence-electron chi connectivity index (χ4n) is 8.61. The zero-order valence-corrected chi connectivity index (χ0v) is 16.2. The fourth-order valence-corrected chi connectivity index (χ4v) is 8.61. The summed E-state index contributed by atoms with van der Waals surface area (Å²) >= 11 is 0. The quantitative estimate of drug-likeness (QED) is 0.633. The predicted octanol–water partition coefficient (Wildman–Crippen LogP) is 5.32. The molecule has 5 aliphatic carbocycles. The molecule has 0 amide bonds. The van der Waals surface area contributed by atoms with Gasteiger partial charge in [0, 0.05) is 6.42 Å². The van der Waals surface area contributed by atoms with Gasteiger partial charge in [-0.05, 0) is 98.4 Å². The van der Waals surface area contributed by atoms with Crippen molar-refractivity contribution in [3.05, 3.63) is 24.3 Å². The van der Waals surface area contributed by atoms with Crippen LogP contribution in [0.4, 0.5) is 0 Å². The Morgan fingerprint density at radius 1 is 1.38 bits per heavy atom. The summed E-state index contributed by atoms with van der Waals surface area (Å²) in [7, 11) is 0. The van der Waals surface area contributed by atoms with Crippen molar-refractivity contribution in [2.24, 2.45) is 52.3 Å². The molecule has 0 N–H and O–H groups in total. The van der Waals surface area contributed by atoms with Gasteiger partial charge in [0.2, 0.25) is 0 Å². The standard InChI is InChI=1S/C24H31NO/c1-4-14-10-15-11-16(26)6-7-17(15)18-8-9-24(5-2)22(21(14)18)19-12-20(19)23(24,3)13-25/h4,11,14,17-22H,1,5-10,12H2,2-3H3/t14?,17-,18+,19+,20-,21+,22-,23-,24-/m0/s1.